The number of halogens is 1. The van der Waals surface area contributed by atoms with Crippen molar-refractivity contribution < 1.29 is 14.7 Å². The molecule has 1 aromatic rings. The smallest absolute Gasteiger partial charge is 0.326 e. The van der Waals surface area contributed by atoms with E-state index in [2.05, 4.69) is 5.32 Å². The van der Waals surface area contributed by atoms with Crippen LogP contribution in [0.3, 0.4) is 0 Å². The van der Waals surface area contributed by atoms with Crippen molar-refractivity contribution in [2.45, 2.75) is 19.4 Å². The molecule has 2 N–H and O–H groups in total. The number of rotatable bonds is 4. The topological polar surface area (TPSA) is 66.4 Å². The largest absolute Gasteiger partial charge is 0.480 e. The van der Waals surface area contributed by atoms with E-state index in [1.807, 2.05) is 0 Å². The second-order valence-electron chi connectivity index (χ2n) is 3.43. The van der Waals surface area contributed by atoms with Gasteiger partial charge in [-0.1, -0.05) is 23.7 Å². The standard InChI is InChI=1S/C11H12ClNO3/c1-7(14)13-10(11(15)16)6-8-3-2-4-9(12)5-8/h2-5,10H,6H2,1H3,(H,13,14)(H,15,16)/t10-/m0/s1. The van der Waals surface area contributed by atoms with Crippen LogP contribution in [0.5, 0.6) is 0 Å². The molecular formula is C11H12ClNO3. The Morgan fingerprint density at radius 3 is 2.69 bits per heavy atom. The maximum atomic E-state index is 10.9. The van der Waals surface area contributed by atoms with Gasteiger partial charge in [-0.15, -0.1) is 0 Å². The Morgan fingerprint density at radius 2 is 2.19 bits per heavy atom. The molecule has 1 atom stereocenters. The molecule has 5 heteroatoms. The highest BCUT2D eigenvalue weighted by Crippen LogP contribution is 2.12. The Bertz CT molecular complexity index is 406. The summed E-state index contributed by atoms with van der Waals surface area (Å²) < 4.78 is 0. The fourth-order valence-electron chi connectivity index (χ4n) is 1.35. The van der Waals surface area contributed by atoms with Crippen molar-refractivity contribution in [3.05, 3.63) is 34.9 Å². The Kier molecular flexibility index (Phi) is 4.31. The molecule has 0 aliphatic heterocycles. The Hall–Kier alpha value is -1.55. The van der Waals surface area contributed by atoms with Gasteiger partial charge in [0.2, 0.25) is 5.91 Å². The SMILES string of the molecule is CC(=O)N[C@@H](Cc1cccc(Cl)c1)C(=O)O. The monoisotopic (exact) mass is 241 g/mol. The molecule has 0 unspecified atom stereocenters. The summed E-state index contributed by atoms with van der Waals surface area (Å²) in [6.45, 7) is 1.29. The molecule has 1 amide bonds. The van der Waals surface area contributed by atoms with Crippen molar-refractivity contribution >= 4 is 23.5 Å². The minimum Gasteiger partial charge on any atom is -0.480 e. The quantitative estimate of drug-likeness (QED) is 0.839. The zero-order valence-electron chi connectivity index (χ0n) is 8.74. The van der Waals surface area contributed by atoms with Gasteiger partial charge in [-0.05, 0) is 17.7 Å². The molecule has 4 nitrogen and oxygen atoms in total. The van der Waals surface area contributed by atoms with Crippen LogP contribution >= 0.6 is 11.6 Å². The number of carboxylic acids is 1. The molecule has 0 fully saturated rings. The fourth-order valence-corrected chi connectivity index (χ4v) is 1.56. The van der Waals surface area contributed by atoms with Crippen molar-refractivity contribution in [2.24, 2.45) is 0 Å². The van der Waals surface area contributed by atoms with Crippen LogP contribution in [0.15, 0.2) is 24.3 Å². The third kappa shape index (κ3) is 3.90. The Balaban J connectivity index is 2.75. The first-order valence-electron chi connectivity index (χ1n) is 4.73. The lowest BCUT2D eigenvalue weighted by molar-refractivity contribution is -0.141. The predicted molar refractivity (Wildman–Crippen MR) is 60.4 cm³/mol. The van der Waals surface area contributed by atoms with E-state index in [0.717, 1.165) is 5.56 Å². The van der Waals surface area contributed by atoms with Gasteiger partial charge in [-0.2, -0.15) is 0 Å². The molecule has 0 saturated heterocycles. The molecule has 0 radical (unpaired) electrons. The molecule has 0 aliphatic carbocycles. The lowest BCUT2D eigenvalue weighted by atomic mass is 10.1. The Morgan fingerprint density at radius 1 is 1.50 bits per heavy atom. The first kappa shape index (κ1) is 12.5. The Labute approximate surface area is 98.2 Å². The maximum absolute atomic E-state index is 10.9. The van der Waals surface area contributed by atoms with Crippen LogP contribution in [0.25, 0.3) is 0 Å². The number of carbonyl (C=O) groups is 2. The molecule has 0 spiro atoms. The number of hydrogen-bond donors (Lipinski definition) is 2. The van der Waals surface area contributed by atoms with Gasteiger partial charge in [-0.25, -0.2) is 4.79 Å². The lowest BCUT2D eigenvalue weighted by Crippen LogP contribution is -2.41. The van der Waals surface area contributed by atoms with Crippen molar-refractivity contribution in [2.75, 3.05) is 0 Å². The van der Waals surface area contributed by atoms with Crippen LogP contribution in [-0.2, 0) is 16.0 Å². The van der Waals surface area contributed by atoms with E-state index in [-0.39, 0.29) is 12.3 Å². The van der Waals surface area contributed by atoms with E-state index in [0.29, 0.717) is 5.02 Å². The van der Waals surface area contributed by atoms with E-state index < -0.39 is 12.0 Å². The highest BCUT2D eigenvalue weighted by atomic mass is 35.5. The number of hydrogen-bond acceptors (Lipinski definition) is 2. The lowest BCUT2D eigenvalue weighted by Gasteiger charge is -2.13. The van der Waals surface area contributed by atoms with E-state index in [1.165, 1.54) is 6.92 Å². The van der Waals surface area contributed by atoms with Gasteiger partial charge in [0.15, 0.2) is 0 Å². The third-order valence-electron chi connectivity index (χ3n) is 2.00. The van der Waals surface area contributed by atoms with Gasteiger partial charge in [-0.3, -0.25) is 4.79 Å². The minimum absolute atomic E-state index is 0.218. The molecule has 16 heavy (non-hydrogen) atoms. The summed E-state index contributed by atoms with van der Waals surface area (Å²) in [6, 6.07) is 5.97. The molecule has 0 bridgehead atoms. The fraction of sp³-hybridized carbons (Fsp3) is 0.273. The molecule has 1 rings (SSSR count). The van der Waals surface area contributed by atoms with E-state index in [1.54, 1.807) is 24.3 Å². The molecule has 0 aliphatic rings. The molecule has 1 aromatic carbocycles. The van der Waals surface area contributed by atoms with Crippen molar-refractivity contribution in [1.82, 2.24) is 5.32 Å². The molecule has 86 valence electrons. The van der Waals surface area contributed by atoms with E-state index in [9.17, 15) is 9.59 Å². The number of nitrogens with one attached hydrogen (secondary N) is 1. The molecule has 0 heterocycles. The second kappa shape index (κ2) is 5.51. The highest BCUT2D eigenvalue weighted by Gasteiger charge is 2.18. The van der Waals surface area contributed by atoms with Gasteiger partial charge in [0.25, 0.3) is 0 Å². The maximum Gasteiger partial charge on any atom is 0.326 e. The highest BCUT2D eigenvalue weighted by molar-refractivity contribution is 6.30. The molecule has 0 aromatic heterocycles. The van der Waals surface area contributed by atoms with Gasteiger partial charge in [0, 0.05) is 18.4 Å². The number of benzene rings is 1. The van der Waals surface area contributed by atoms with Gasteiger partial charge in [0.1, 0.15) is 6.04 Å². The van der Waals surface area contributed by atoms with E-state index in [4.69, 9.17) is 16.7 Å². The second-order valence-corrected chi connectivity index (χ2v) is 3.86. The number of carboxylic acid groups (broad SMARTS) is 1. The average Bonchev–Trinajstić information content (AvgIpc) is 2.15. The first-order chi connectivity index (χ1) is 7.49. The number of amides is 1. The summed E-state index contributed by atoms with van der Waals surface area (Å²) >= 11 is 5.78. The minimum atomic E-state index is -1.06. The summed E-state index contributed by atoms with van der Waals surface area (Å²) in [6.07, 6.45) is 0.218. The van der Waals surface area contributed by atoms with Crippen LogP contribution in [0.1, 0.15) is 12.5 Å². The molecule has 0 saturated carbocycles. The summed E-state index contributed by atoms with van der Waals surface area (Å²) in [5.41, 5.74) is 0.772. The van der Waals surface area contributed by atoms with Gasteiger partial charge in [0.05, 0.1) is 0 Å². The van der Waals surface area contributed by atoms with Crippen LogP contribution < -0.4 is 5.32 Å². The van der Waals surface area contributed by atoms with Crippen LogP contribution in [0.4, 0.5) is 0 Å². The van der Waals surface area contributed by atoms with Crippen molar-refractivity contribution in [3.8, 4) is 0 Å². The summed E-state index contributed by atoms with van der Waals surface area (Å²) in [5, 5.41) is 11.8. The number of aliphatic carboxylic acids is 1. The van der Waals surface area contributed by atoms with Gasteiger partial charge >= 0.3 is 5.97 Å². The molecular weight excluding hydrogens is 230 g/mol. The van der Waals surface area contributed by atoms with Crippen LogP contribution in [-0.4, -0.2) is 23.0 Å². The zero-order chi connectivity index (χ0) is 12.1. The summed E-state index contributed by atoms with van der Waals surface area (Å²) in [4.78, 5) is 21.7. The summed E-state index contributed by atoms with van der Waals surface area (Å²) in [5.74, 6) is -1.43. The normalized spacial score (nSPS) is 11.9. The van der Waals surface area contributed by atoms with Crippen LogP contribution in [0, 0.1) is 0 Å². The third-order valence-corrected chi connectivity index (χ3v) is 2.24. The zero-order valence-corrected chi connectivity index (χ0v) is 9.49. The van der Waals surface area contributed by atoms with Crippen molar-refractivity contribution in [1.29, 1.82) is 0 Å². The van der Waals surface area contributed by atoms with Crippen molar-refractivity contribution in [3.63, 3.8) is 0 Å². The van der Waals surface area contributed by atoms with E-state index >= 15 is 0 Å². The summed E-state index contributed by atoms with van der Waals surface area (Å²) in [7, 11) is 0. The van der Waals surface area contributed by atoms with Crippen LogP contribution in [0.2, 0.25) is 5.02 Å². The number of carbonyl (C=O) groups excluding carboxylic acids is 1. The average molecular weight is 242 g/mol. The predicted octanol–water partition coefficient (Wildman–Crippen LogP) is 1.47. The van der Waals surface area contributed by atoms with Gasteiger partial charge < -0.3 is 10.4 Å². The first-order valence-corrected chi connectivity index (χ1v) is 5.11.